The van der Waals surface area contributed by atoms with Gasteiger partial charge in [0.2, 0.25) is 0 Å². The first-order valence-electron chi connectivity index (χ1n) is 11.4. The third-order valence-corrected chi connectivity index (χ3v) is 7.91. The van der Waals surface area contributed by atoms with Gasteiger partial charge in [-0.2, -0.15) is 5.26 Å². The van der Waals surface area contributed by atoms with Crippen molar-refractivity contribution in [2.24, 2.45) is 17.2 Å². The van der Waals surface area contributed by atoms with Crippen LogP contribution in [0.4, 0.5) is 20.2 Å². The van der Waals surface area contributed by atoms with E-state index >= 15 is 0 Å². The molecule has 5 rings (SSSR count). The van der Waals surface area contributed by atoms with Crippen LogP contribution in [0.25, 0.3) is 0 Å². The van der Waals surface area contributed by atoms with E-state index in [0.29, 0.717) is 37.3 Å². The molecule has 1 saturated heterocycles. The third-order valence-electron chi connectivity index (χ3n) is 6.79. The van der Waals surface area contributed by atoms with Gasteiger partial charge in [0.25, 0.3) is 5.91 Å². The molecule has 3 aliphatic rings. The van der Waals surface area contributed by atoms with Gasteiger partial charge in [-0.3, -0.25) is 9.78 Å². The molecular formula is C24H25F2N7OS. The second kappa shape index (κ2) is 9.02. The molecule has 0 spiro atoms. The first-order chi connectivity index (χ1) is 16.8. The van der Waals surface area contributed by atoms with Crippen LogP contribution in [-0.4, -0.2) is 30.0 Å². The topological polar surface area (TPSA) is 138 Å². The Morgan fingerprint density at radius 1 is 1.26 bits per heavy atom. The Morgan fingerprint density at radius 2 is 2.00 bits per heavy atom. The summed E-state index contributed by atoms with van der Waals surface area (Å²) >= 11 is 0.960. The average Bonchev–Trinajstić information content (AvgIpc) is 3.38. The summed E-state index contributed by atoms with van der Waals surface area (Å²) < 4.78 is 29.9. The van der Waals surface area contributed by atoms with Gasteiger partial charge in [0.1, 0.15) is 22.7 Å². The van der Waals surface area contributed by atoms with Crippen molar-refractivity contribution >= 4 is 29.0 Å². The van der Waals surface area contributed by atoms with E-state index in [0.717, 1.165) is 35.9 Å². The zero-order chi connectivity index (χ0) is 24.9. The van der Waals surface area contributed by atoms with E-state index < -0.39 is 22.9 Å². The zero-order valence-corrected chi connectivity index (χ0v) is 19.7. The number of fused-ring (bicyclic) bond motifs is 1. The number of carbonyl (C=O) groups excluding carboxylic acids is 1. The number of thioether (sulfide) groups is 1. The third kappa shape index (κ3) is 3.86. The van der Waals surface area contributed by atoms with Crippen LogP contribution >= 0.6 is 11.8 Å². The van der Waals surface area contributed by atoms with Crippen molar-refractivity contribution in [1.29, 1.82) is 5.26 Å². The Hall–Kier alpha value is -3.36. The summed E-state index contributed by atoms with van der Waals surface area (Å²) in [6, 6.07) is 5.86. The molecule has 2 aromatic rings. The van der Waals surface area contributed by atoms with Crippen LogP contribution in [0.3, 0.4) is 0 Å². The Morgan fingerprint density at radius 3 is 2.66 bits per heavy atom. The molecule has 0 radical (unpaired) electrons. The van der Waals surface area contributed by atoms with Gasteiger partial charge in [0, 0.05) is 24.7 Å². The number of hydrogen-bond acceptors (Lipinski definition) is 8. The molecule has 1 amide bonds. The smallest absolute Gasteiger partial charge is 0.268 e. The average molecular weight is 498 g/mol. The van der Waals surface area contributed by atoms with E-state index in [9.17, 15) is 18.8 Å². The minimum absolute atomic E-state index is 0.0400. The Labute approximate surface area is 205 Å². The molecule has 35 heavy (non-hydrogen) atoms. The number of amides is 1. The molecule has 0 bridgehead atoms. The van der Waals surface area contributed by atoms with Crippen molar-refractivity contribution in [1.82, 2.24) is 4.98 Å². The minimum atomic E-state index is -1.01. The maximum absolute atomic E-state index is 14.9. The first-order valence-corrected chi connectivity index (χ1v) is 12.3. The molecule has 11 heteroatoms. The predicted molar refractivity (Wildman–Crippen MR) is 130 cm³/mol. The summed E-state index contributed by atoms with van der Waals surface area (Å²) in [5, 5.41) is 8.69. The number of piperidine rings is 1. The number of rotatable bonds is 4. The fourth-order valence-corrected chi connectivity index (χ4v) is 6.49. The molecule has 182 valence electrons. The van der Waals surface area contributed by atoms with E-state index in [1.807, 2.05) is 0 Å². The van der Waals surface area contributed by atoms with Crippen molar-refractivity contribution in [3.05, 3.63) is 63.6 Å². The molecule has 1 fully saturated rings. The molecule has 1 aromatic carbocycles. The number of benzene rings is 1. The van der Waals surface area contributed by atoms with Crippen molar-refractivity contribution < 1.29 is 13.6 Å². The summed E-state index contributed by atoms with van der Waals surface area (Å²) in [5.74, 6) is -2.68. The lowest BCUT2D eigenvalue weighted by Gasteiger charge is -2.38. The van der Waals surface area contributed by atoms with E-state index in [4.69, 9.17) is 17.2 Å². The lowest BCUT2D eigenvalue weighted by molar-refractivity contribution is -0.114. The van der Waals surface area contributed by atoms with Crippen molar-refractivity contribution in [2.75, 3.05) is 22.9 Å². The van der Waals surface area contributed by atoms with E-state index in [1.165, 1.54) is 23.1 Å². The number of pyridine rings is 1. The first kappa shape index (κ1) is 23.4. The highest BCUT2D eigenvalue weighted by Gasteiger charge is 2.42. The molecule has 3 heterocycles. The normalized spacial score (nSPS) is 24.0. The van der Waals surface area contributed by atoms with E-state index in [-0.39, 0.29) is 28.2 Å². The van der Waals surface area contributed by atoms with E-state index in [1.54, 1.807) is 6.20 Å². The molecule has 3 atom stereocenters. The number of aromatic nitrogens is 1. The van der Waals surface area contributed by atoms with Gasteiger partial charge in [0.05, 0.1) is 45.8 Å². The zero-order valence-electron chi connectivity index (χ0n) is 18.9. The lowest BCUT2D eigenvalue weighted by Crippen LogP contribution is -2.44. The van der Waals surface area contributed by atoms with Crippen molar-refractivity contribution in [2.45, 2.75) is 43.0 Å². The monoisotopic (exact) mass is 497 g/mol. The number of nitrogens with two attached hydrogens (primary N) is 3. The molecule has 8 nitrogen and oxygen atoms in total. The highest BCUT2D eigenvalue weighted by Crippen LogP contribution is 2.53. The Bertz CT molecular complexity index is 1260. The van der Waals surface area contributed by atoms with Gasteiger partial charge >= 0.3 is 0 Å². The highest BCUT2D eigenvalue weighted by atomic mass is 32.2. The molecule has 0 saturated carbocycles. The molecule has 2 unspecified atom stereocenters. The molecule has 1 aliphatic carbocycles. The van der Waals surface area contributed by atoms with Gasteiger partial charge in [-0.25, -0.2) is 8.78 Å². The summed E-state index contributed by atoms with van der Waals surface area (Å²) in [5.41, 5.74) is 20.7. The highest BCUT2D eigenvalue weighted by molar-refractivity contribution is 8.03. The maximum Gasteiger partial charge on any atom is 0.268 e. The van der Waals surface area contributed by atoms with Crippen molar-refractivity contribution in [3.8, 4) is 6.07 Å². The Balaban J connectivity index is 1.74. The second-order valence-corrected chi connectivity index (χ2v) is 10.1. The van der Waals surface area contributed by atoms with Crippen LogP contribution in [0.5, 0.6) is 0 Å². The van der Waals surface area contributed by atoms with Gasteiger partial charge in [-0.1, -0.05) is 17.8 Å². The van der Waals surface area contributed by atoms with Crippen LogP contribution in [0.1, 0.15) is 47.4 Å². The minimum Gasteiger partial charge on any atom is -0.392 e. The number of primary amides is 1. The maximum atomic E-state index is 14.9. The quantitative estimate of drug-likeness (QED) is 0.586. The predicted octanol–water partition coefficient (Wildman–Crippen LogP) is 2.71. The SMILES string of the molecule is N#CC1CCc2c1ncc(N1C(C(N)=O)=C(N)SC1c1c(F)cccc1F)c2N1CCC[C@H](N)C1. The van der Waals surface area contributed by atoms with E-state index in [2.05, 4.69) is 16.0 Å². The number of halogens is 2. The summed E-state index contributed by atoms with van der Waals surface area (Å²) in [7, 11) is 0. The number of hydrogen-bond donors (Lipinski definition) is 3. The van der Waals surface area contributed by atoms with Gasteiger partial charge in [-0.15, -0.1) is 0 Å². The fourth-order valence-electron chi connectivity index (χ4n) is 5.27. The van der Waals surface area contributed by atoms with Crippen LogP contribution in [0.2, 0.25) is 0 Å². The van der Waals surface area contributed by atoms with Crippen LogP contribution in [0, 0.1) is 23.0 Å². The van der Waals surface area contributed by atoms with Gasteiger partial charge < -0.3 is 27.0 Å². The number of carbonyl (C=O) groups is 1. The summed E-state index contributed by atoms with van der Waals surface area (Å²) in [6.07, 6.45) is 4.52. The van der Waals surface area contributed by atoms with Crippen molar-refractivity contribution in [3.63, 3.8) is 0 Å². The largest absolute Gasteiger partial charge is 0.392 e. The molecule has 2 aliphatic heterocycles. The second-order valence-electron chi connectivity index (χ2n) is 8.98. The fraction of sp³-hybridized carbons (Fsp3) is 0.375. The summed E-state index contributed by atoms with van der Waals surface area (Å²) in [4.78, 5) is 20.8. The lowest BCUT2D eigenvalue weighted by atomic mass is 10.0. The number of nitriles is 1. The number of nitrogens with zero attached hydrogens (tertiary/aromatic N) is 4. The van der Waals surface area contributed by atoms with Crippen LogP contribution in [-0.2, 0) is 11.2 Å². The van der Waals surface area contributed by atoms with Gasteiger partial charge in [0.15, 0.2) is 0 Å². The summed E-state index contributed by atoms with van der Waals surface area (Å²) in [6.45, 7) is 1.27. The molecule has 1 aromatic heterocycles. The van der Waals surface area contributed by atoms with Gasteiger partial charge in [-0.05, 0) is 37.8 Å². The number of anilines is 2. The molecular weight excluding hydrogens is 472 g/mol. The molecule has 6 N–H and O–H groups in total. The van der Waals surface area contributed by atoms with Crippen LogP contribution in [0.15, 0.2) is 35.1 Å². The van der Waals surface area contributed by atoms with Crippen LogP contribution < -0.4 is 27.0 Å². The Kier molecular flexibility index (Phi) is 6.02. The standard InChI is InChI=1S/C24H25F2N7OS/c25-15-4-1-5-16(26)18(15)24-33(21(22(29)34)23(30)35-24)17-10-31-19-12(9-27)6-7-14(19)20(17)32-8-2-3-13(28)11-32/h1,4-5,10,12-13,24H,2-3,6-8,11,28,30H2,(H2,29,34)/t12?,13-,24?/m0/s1.